The van der Waals surface area contributed by atoms with Gasteiger partial charge in [0.15, 0.2) is 5.96 Å². The molecule has 0 spiro atoms. The molecule has 0 bridgehead atoms. The molecule has 1 aromatic rings. The largest absolute Gasteiger partial charge is 0.444 e. The van der Waals surface area contributed by atoms with E-state index < -0.39 is 0 Å². The number of morpholine rings is 1. The van der Waals surface area contributed by atoms with Crippen molar-refractivity contribution < 1.29 is 9.15 Å². The van der Waals surface area contributed by atoms with E-state index in [2.05, 4.69) is 46.3 Å². The Balaban J connectivity index is 0.00000312. The summed E-state index contributed by atoms with van der Waals surface area (Å²) < 4.78 is 11.1. The molecule has 7 nitrogen and oxygen atoms in total. The lowest BCUT2D eigenvalue weighted by Gasteiger charge is -2.38. The number of nitrogens with zero attached hydrogens (tertiary/aromatic N) is 3. The van der Waals surface area contributed by atoms with Crippen molar-refractivity contribution in [1.29, 1.82) is 0 Å². The van der Waals surface area contributed by atoms with Gasteiger partial charge in [0.05, 0.1) is 18.9 Å². The minimum atomic E-state index is 0. The summed E-state index contributed by atoms with van der Waals surface area (Å²) in [6.45, 7) is 15.1. The first kappa shape index (κ1) is 22.2. The van der Waals surface area contributed by atoms with Crippen molar-refractivity contribution in [3.8, 4) is 0 Å². The molecule has 2 unspecified atom stereocenters. The van der Waals surface area contributed by atoms with E-state index in [-0.39, 0.29) is 24.0 Å². The summed E-state index contributed by atoms with van der Waals surface area (Å²) in [5.74, 6) is 2.30. The number of nitrogens with one attached hydrogen (secondary N) is 2. The Labute approximate surface area is 168 Å². The van der Waals surface area contributed by atoms with Gasteiger partial charge in [-0.15, -0.1) is 24.0 Å². The van der Waals surface area contributed by atoms with E-state index in [0.717, 1.165) is 50.3 Å². The Bertz CT molecular complexity index is 530. The Kier molecular flexibility index (Phi) is 9.73. The van der Waals surface area contributed by atoms with E-state index in [1.165, 1.54) is 0 Å². The lowest BCUT2D eigenvalue weighted by Crippen LogP contribution is -2.53. The van der Waals surface area contributed by atoms with Gasteiger partial charge < -0.3 is 19.8 Å². The molecule has 1 fully saturated rings. The number of guanidine groups is 1. The van der Waals surface area contributed by atoms with Crippen LogP contribution in [0.3, 0.4) is 0 Å². The molecule has 144 valence electrons. The second-order valence-corrected chi connectivity index (χ2v) is 6.34. The van der Waals surface area contributed by atoms with Crippen LogP contribution in [0.25, 0.3) is 0 Å². The maximum atomic E-state index is 5.58. The van der Waals surface area contributed by atoms with Gasteiger partial charge >= 0.3 is 0 Å². The van der Waals surface area contributed by atoms with Crippen LogP contribution in [-0.4, -0.2) is 60.8 Å². The molecule has 1 aromatic heterocycles. The minimum Gasteiger partial charge on any atom is -0.444 e. The normalized spacial score (nSPS) is 20.0. The highest BCUT2D eigenvalue weighted by molar-refractivity contribution is 14.0. The third kappa shape index (κ3) is 6.74. The fraction of sp³-hybridized carbons (Fsp3) is 0.765. The summed E-state index contributed by atoms with van der Waals surface area (Å²) in [4.78, 5) is 11.4. The maximum Gasteiger partial charge on any atom is 0.216 e. The predicted octanol–water partition coefficient (Wildman–Crippen LogP) is 2.07. The minimum absolute atomic E-state index is 0. The highest BCUT2D eigenvalue weighted by atomic mass is 127. The van der Waals surface area contributed by atoms with Crippen LogP contribution in [0, 0.1) is 13.8 Å². The van der Waals surface area contributed by atoms with Crippen LogP contribution in [0.2, 0.25) is 0 Å². The number of ether oxygens (including phenoxy) is 1. The lowest BCUT2D eigenvalue weighted by molar-refractivity contribution is -0.0174. The smallest absolute Gasteiger partial charge is 0.216 e. The molecular weight excluding hydrogens is 433 g/mol. The first-order chi connectivity index (χ1) is 11.5. The molecule has 25 heavy (non-hydrogen) atoms. The number of aromatic nitrogens is 1. The Morgan fingerprint density at radius 3 is 2.76 bits per heavy atom. The summed E-state index contributed by atoms with van der Waals surface area (Å²) in [7, 11) is 0. The fourth-order valence-electron chi connectivity index (χ4n) is 2.85. The summed E-state index contributed by atoms with van der Waals surface area (Å²) in [5.41, 5.74) is 0.924. The molecule has 1 aliphatic heterocycles. The van der Waals surface area contributed by atoms with Crippen LogP contribution in [0.4, 0.5) is 0 Å². The quantitative estimate of drug-likeness (QED) is 0.381. The number of rotatable bonds is 6. The summed E-state index contributed by atoms with van der Waals surface area (Å²) >= 11 is 0. The SMILES string of the molecule is CCNC(=NCc1nc(C)c(C)o1)NCC(C)N1CCOCC1C.I. The Morgan fingerprint density at radius 1 is 1.40 bits per heavy atom. The molecule has 2 N–H and O–H groups in total. The fourth-order valence-corrected chi connectivity index (χ4v) is 2.85. The molecule has 2 atom stereocenters. The molecular formula is C17H32IN5O2. The molecule has 1 saturated heterocycles. The first-order valence-electron chi connectivity index (χ1n) is 8.79. The van der Waals surface area contributed by atoms with Gasteiger partial charge in [-0.05, 0) is 34.6 Å². The Morgan fingerprint density at radius 2 is 2.16 bits per heavy atom. The van der Waals surface area contributed by atoms with Crippen LogP contribution in [0.1, 0.15) is 38.1 Å². The van der Waals surface area contributed by atoms with Gasteiger partial charge in [0.2, 0.25) is 5.89 Å². The van der Waals surface area contributed by atoms with E-state index in [4.69, 9.17) is 9.15 Å². The molecule has 0 aliphatic carbocycles. The Hall–Kier alpha value is -0.870. The summed E-state index contributed by atoms with van der Waals surface area (Å²) in [5, 5.41) is 6.69. The van der Waals surface area contributed by atoms with E-state index >= 15 is 0 Å². The second-order valence-electron chi connectivity index (χ2n) is 6.34. The average Bonchev–Trinajstić information content (AvgIpc) is 2.88. The molecule has 0 amide bonds. The van der Waals surface area contributed by atoms with E-state index in [0.29, 0.717) is 24.5 Å². The number of halogens is 1. The molecule has 1 aliphatic rings. The van der Waals surface area contributed by atoms with Gasteiger partial charge in [-0.2, -0.15) is 0 Å². The summed E-state index contributed by atoms with van der Waals surface area (Å²) in [6.07, 6.45) is 0. The number of hydrogen-bond acceptors (Lipinski definition) is 5. The summed E-state index contributed by atoms with van der Waals surface area (Å²) in [6, 6.07) is 0.868. The molecule has 8 heteroatoms. The lowest BCUT2D eigenvalue weighted by atomic mass is 10.2. The van der Waals surface area contributed by atoms with Crippen molar-refractivity contribution in [2.75, 3.05) is 32.8 Å². The van der Waals surface area contributed by atoms with Gasteiger partial charge in [0.1, 0.15) is 12.3 Å². The van der Waals surface area contributed by atoms with Crippen molar-refractivity contribution >= 4 is 29.9 Å². The third-order valence-electron chi connectivity index (χ3n) is 4.34. The maximum absolute atomic E-state index is 5.58. The van der Waals surface area contributed by atoms with Gasteiger partial charge in [-0.1, -0.05) is 0 Å². The van der Waals surface area contributed by atoms with Crippen molar-refractivity contribution in [2.45, 2.75) is 53.2 Å². The zero-order valence-electron chi connectivity index (χ0n) is 16.0. The van der Waals surface area contributed by atoms with E-state index in [1.807, 2.05) is 13.8 Å². The van der Waals surface area contributed by atoms with E-state index in [9.17, 15) is 0 Å². The van der Waals surface area contributed by atoms with Gasteiger partial charge in [0, 0.05) is 31.7 Å². The topological polar surface area (TPSA) is 74.9 Å². The first-order valence-corrected chi connectivity index (χ1v) is 8.79. The van der Waals surface area contributed by atoms with Gasteiger partial charge in [-0.3, -0.25) is 4.90 Å². The highest BCUT2D eigenvalue weighted by Gasteiger charge is 2.23. The molecule has 2 heterocycles. The van der Waals surface area contributed by atoms with Crippen molar-refractivity contribution in [3.63, 3.8) is 0 Å². The predicted molar refractivity (Wildman–Crippen MR) is 111 cm³/mol. The third-order valence-corrected chi connectivity index (χ3v) is 4.34. The van der Waals surface area contributed by atoms with Crippen LogP contribution in [-0.2, 0) is 11.3 Å². The van der Waals surface area contributed by atoms with E-state index in [1.54, 1.807) is 0 Å². The zero-order valence-corrected chi connectivity index (χ0v) is 18.3. The van der Waals surface area contributed by atoms with Gasteiger partial charge in [-0.25, -0.2) is 9.98 Å². The number of aliphatic imine (C=N–C) groups is 1. The number of hydrogen-bond donors (Lipinski definition) is 2. The van der Waals surface area contributed by atoms with Crippen LogP contribution in [0.15, 0.2) is 9.41 Å². The zero-order chi connectivity index (χ0) is 17.5. The number of aryl methyl sites for hydroxylation is 2. The van der Waals surface area contributed by atoms with Crippen LogP contribution in [0.5, 0.6) is 0 Å². The highest BCUT2D eigenvalue weighted by Crippen LogP contribution is 2.10. The van der Waals surface area contributed by atoms with Crippen LogP contribution < -0.4 is 10.6 Å². The number of oxazole rings is 1. The second kappa shape index (κ2) is 11.0. The molecule has 0 radical (unpaired) electrons. The molecule has 0 aromatic carbocycles. The molecule has 0 saturated carbocycles. The van der Waals surface area contributed by atoms with Crippen molar-refractivity contribution in [3.05, 3.63) is 17.3 Å². The standard InChI is InChI=1S/C17H31N5O2.HI/c1-6-18-17(20-10-16-21-14(4)15(5)24-16)19-9-12(2)22-7-8-23-11-13(22)3;/h12-13H,6-11H2,1-5H3,(H2,18,19,20);1H. The van der Waals surface area contributed by atoms with Crippen molar-refractivity contribution in [1.82, 2.24) is 20.5 Å². The van der Waals surface area contributed by atoms with Gasteiger partial charge in [0.25, 0.3) is 0 Å². The van der Waals surface area contributed by atoms with Crippen molar-refractivity contribution in [2.24, 2.45) is 4.99 Å². The molecule has 2 rings (SSSR count). The monoisotopic (exact) mass is 465 g/mol. The van der Waals surface area contributed by atoms with Crippen LogP contribution >= 0.6 is 24.0 Å². The average molecular weight is 465 g/mol.